The van der Waals surface area contributed by atoms with Gasteiger partial charge in [-0.2, -0.15) is 0 Å². The minimum absolute atomic E-state index is 0.112. The Morgan fingerprint density at radius 1 is 1.06 bits per heavy atom. The van der Waals surface area contributed by atoms with Gasteiger partial charge in [-0.1, -0.05) is 42.1 Å². The fourth-order valence-electron chi connectivity index (χ4n) is 3.25. The number of aromatic nitrogens is 3. The van der Waals surface area contributed by atoms with Gasteiger partial charge in [0.1, 0.15) is 18.2 Å². The van der Waals surface area contributed by atoms with Crippen LogP contribution in [0.15, 0.2) is 76.8 Å². The highest BCUT2D eigenvalue weighted by atomic mass is 32.2. The molecule has 2 heterocycles. The first-order chi connectivity index (χ1) is 16.0. The van der Waals surface area contributed by atoms with E-state index >= 15 is 0 Å². The maximum absolute atomic E-state index is 13.2. The summed E-state index contributed by atoms with van der Waals surface area (Å²) in [6.45, 7) is 4.68. The van der Waals surface area contributed by atoms with E-state index in [9.17, 15) is 9.59 Å². The molecule has 0 saturated heterocycles. The van der Waals surface area contributed by atoms with E-state index in [1.807, 2.05) is 50.2 Å². The summed E-state index contributed by atoms with van der Waals surface area (Å²) in [7, 11) is 0. The number of nitrogens with one attached hydrogen (secondary N) is 1. The third-order valence-corrected chi connectivity index (χ3v) is 5.82. The molecule has 0 aliphatic carbocycles. The number of hydrogen-bond acceptors (Lipinski definition) is 6. The third kappa shape index (κ3) is 5.59. The van der Waals surface area contributed by atoms with Gasteiger partial charge >= 0.3 is 0 Å². The smallest absolute Gasteiger partial charge is 0.267 e. The highest BCUT2D eigenvalue weighted by Gasteiger charge is 2.15. The summed E-state index contributed by atoms with van der Waals surface area (Å²) < 4.78 is 7.12. The Bertz CT molecular complexity index is 1340. The molecule has 0 radical (unpaired) electrons. The molecule has 2 aromatic heterocycles. The van der Waals surface area contributed by atoms with Crippen molar-refractivity contribution in [3.05, 3.63) is 88.3 Å². The molecular formula is C25H24N4O3S. The highest BCUT2D eigenvalue weighted by Crippen LogP contribution is 2.20. The first-order valence-corrected chi connectivity index (χ1v) is 11.5. The number of ether oxygens (including phenoxy) is 1. The minimum atomic E-state index is -0.216. The number of carbonyl (C=O) groups is 1. The number of thioether (sulfide) groups is 1. The lowest BCUT2D eigenvalue weighted by Crippen LogP contribution is -2.30. The fraction of sp³-hybridized carbons (Fsp3) is 0.200. The molecule has 0 fully saturated rings. The maximum atomic E-state index is 13.2. The number of fused-ring (bicyclic) bond motifs is 1. The number of hydrogen-bond donors (Lipinski definition) is 1. The van der Waals surface area contributed by atoms with E-state index in [4.69, 9.17) is 4.74 Å². The summed E-state index contributed by atoms with van der Waals surface area (Å²) in [5, 5.41) is 3.76. The Labute approximate surface area is 195 Å². The van der Waals surface area contributed by atoms with Gasteiger partial charge < -0.3 is 10.1 Å². The van der Waals surface area contributed by atoms with Gasteiger partial charge in [-0.05, 0) is 55.3 Å². The number of amides is 1. The highest BCUT2D eigenvalue weighted by molar-refractivity contribution is 7.99. The number of benzene rings is 2. The molecule has 0 bridgehead atoms. The molecule has 0 unspecified atom stereocenters. The molecule has 2 aromatic carbocycles. The Balaban J connectivity index is 1.45. The van der Waals surface area contributed by atoms with Gasteiger partial charge in [-0.3, -0.25) is 9.59 Å². The van der Waals surface area contributed by atoms with E-state index < -0.39 is 0 Å². The molecule has 1 N–H and O–H groups in total. The molecule has 0 atom stereocenters. The van der Waals surface area contributed by atoms with Crippen LogP contribution < -0.4 is 15.6 Å². The first kappa shape index (κ1) is 22.5. The number of para-hydroxylation sites is 1. The Morgan fingerprint density at radius 3 is 2.70 bits per heavy atom. The van der Waals surface area contributed by atoms with E-state index in [0.717, 1.165) is 16.9 Å². The molecule has 0 spiro atoms. The molecule has 0 aliphatic rings. The average molecular weight is 461 g/mol. The average Bonchev–Trinajstić information content (AvgIpc) is 2.81. The number of rotatable bonds is 8. The van der Waals surface area contributed by atoms with Crippen LogP contribution in [-0.4, -0.2) is 39.3 Å². The Hall–Kier alpha value is -3.65. The van der Waals surface area contributed by atoms with Crippen LogP contribution in [0.4, 0.5) is 0 Å². The third-order valence-electron chi connectivity index (χ3n) is 4.88. The van der Waals surface area contributed by atoms with Gasteiger partial charge in [0.2, 0.25) is 5.91 Å². The second kappa shape index (κ2) is 10.3. The van der Waals surface area contributed by atoms with Crippen molar-refractivity contribution < 1.29 is 9.53 Å². The first-order valence-electron chi connectivity index (χ1n) is 10.5. The zero-order valence-electron chi connectivity index (χ0n) is 18.4. The zero-order chi connectivity index (χ0) is 23.2. The predicted molar refractivity (Wildman–Crippen MR) is 130 cm³/mol. The van der Waals surface area contributed by atoms with Crippen LogP contribution in [0.25, 0.3) is 16.7 Å². The molecule has 1 amide bonds. The van der Waals surface area contributed by atoms with Gasteiger partial charge in [0.25, 0.3) is 5.56 Å². The summed E-state index contributed by atoms with van der Waals surface area (Å²) in [5.74, 6) is 1.19. The van der Waals surface area contributed by atoms with E-state index in [1.165, 1.54) is 16.3 Å². The van der Waals surface area contributed by atoms with Gasteiger partial charge in [0, 0.05) is 6.20 Å². The normalized spacial score (nSPS) is 10.8. The fourth-order valence-corrected chi connectivity index (χ4v) is 4.08. The summed E-state index contributed by atoms with van der Waals surface area (Å²) in [6.07, 6.45) is 1.70. The van der Waals surface area contributed by atoms with Crippen molar-refractivity contribution in [2.24, 2.45) is 0 Å². The van der Waals surface area contributed by atoms with Crippen LogP contribution in [-0.2, 0) is 4.79 Å². The summed E-state index contributed by atoms with van der Waals surface area (Å²) in [5.41, 5.74) is 2.47. The van der Waals surface area contributed by atoms with Crippen LogP contribution >= 0.6 is 11.8 Å². The van der Waals surface area contributed by atoms with Gasteiger partial charge in [-0.25, -0.2) is 14.5 Å². The van der Waals surface area contributed by atoms with Crippen LogP contribution in [0.5, 0.6) is 5.75 Å². The molecular weight excluding hydrogens is 436 g/mol. The molecule has 8 heteroatoms. The van der Waals surface area contributed by atoms with Gasteiger partial charge in [0.05, 0.1) is 23.2 Å². The van der Waals surface area contributed by atoms with Crippen LogP contribution in [0, 0.1) is 13.8 Å². The molecule has 33 heavy (non-hydrogen) atoms. The van der Waals surface area contributed by atoms with Crippen LogP contribution in [0.1, 0.15) is 11.1 Å². The summed E-state index contributed by atoms with van der Waals surface area (Å²) >= 11 is 1.20. The van der Waals surface area contributed by atoms with Gasteiger partial charge in [-0.15, -0.1) is 0 Å². The number of nitrogens with zero attached hydrogens (tertiary/aromatic N) is 3. The minimum Gasteiger partial charge on any atom is -0.492 e. The summed E-state index contributed by atoms with van der Waals surface area (Å²) in [6, 6.07) is 18.6. The molecule has 0 aliphatic heterocycles. The zero-order valence-corrected chi connectivity index (χ0v) is 19.3. The van der Waals surface area contributed by atoms with E-state index in [-0.39, 0.29) is 17.2 Å². The molecule has 7 nitrogen and oxygen atoms in total. The molecule has 4 rings (SSSR count). The standard InChI is InChI=1S/C25H24N4O3S/c1-17-6-5-7-19(14-17)32-13-12-26-23(30)16-33-25-28-21-9-4-3-8-20(21)24(31)29(25)22-11-10-18(2)15-27-22/h3-11,14-15H,12-13,16H2,1-2H3,(H,26,30). The van der Waals surface area contributed by atoms with E-state index in [0.29, 0.717) is 35.0 Å². The topological polar surface area (TPSA) is 86.1 Å². The van der Waals surface area contributed by atoms with Crippen molar-refractivity contribution >= 4 is 28.6 Å². The lowest BCUT2D eigenvalue weighted by atomic mass is 10.2. The van der Waals surface area contributed by atoms with Crippen molar-refractivity contribution in [3.63, 3.8) is 0 Å². The van der Waals surface area contributed by atoms with Crippen LogP contribution in [0.3, 0.4) is 0 Å². The van der Waals surface area contributed by atoms with Crippen molar-refractivity contribution in [2.75, 3.05) is 18.9 Å². The summed E-state index contributed by atoms with van der Waals surface area (Å²) in [4.78, 5) is 34.6. The molecule has 168 valence electrons. The van der Waals surface area contributed by atoms with E-state index in [2.05, 4.69) is 15.3 Å². The quantitative estimate of drug-likeness (QED) is 0.245. The van der Waals surface area contributed by atoms with E-state index in [1.54, 1.807) is 30.5 Å². The lowest BCUT2D eigenvalue weighted by Gasteiger charge is -2.13. The number of carbonyl (C=O) groups excluding carboxylic acids is 1. The largest absolute Gasteiger partial charge is 0.492 e. The molecule has 4 aromatic rings. The van der Waals surface area contributed by atoms with Crippen molar-refractivity contribution in [2.45, 2.75) is 19.0 Å². The van der Waals surface area contributed by atoms with Crippen molar-refractivity contribution in [3.8, 4) is 11.6 Å². The monoisotopic (exact) mass is 460 g/mol. The van der Waals surface area contributed by atoms with Crippen molar-refractivity contribution in [1.82, 2.24) is 19.9 Å². The van der Waals surface area contributed by atoms with Crippen molar-refractivity contribution in [1.29, 1.82) is 0 Å². The number of aryl methyl sites for hydroxylation is 2. The molecule has 0 saturated carbocycles. The Morgan fingerprint density at radius 2 is 1.91 bits per heavy atom. The Kier molecular flexibility index (Phi) is 7.04. The second-order valence-corrected chi connectivity index (χ2v) is 8.49. The number of pyridine rings is 1. The maximum Gasteiger partial charge on any atom is 0.267 e. The van der Waals surface area contributed by atoms with Crippen LogP contribution in [0.2, 0.25) is 0 Å². The lowest BCUT2D eigenvalue weighted by molar-refractivity contribution is -0.118. The van der Waals surface area contributed by atoms with Gasteiger partial charge in [0.15, 0.2) is 5.16 Å². The SMILES string of the molecule is Cc1ccc(-n2c(SCC(=O)NCCOc3cccc(C)c3)nc3ccccc3c2=O)nc1. The predicted octanol–water partition coefficient (Wildman–Crippen LogP) is 3.68. The second-order valence-electron chi connectivity index (χ2n) is 7.55.